The molecule has 2 aromatic rings. The molecule has 0 spiro atoms. The van der Waals surface area contributed by atoms with E-state index >= 15 is 0 Å². The summed E-state index contributed by atoms with van der Waals surface area (Å²) in [5.41, 5.74) is 2.16. The highest BCUT2D eigenvalue weighted by molar-refractivity contribution is 5.73. The van der Waals surface area contributed by atoms with Crippen molar-refractivity contribution in [1.29, 1.82) is 0 Å². The Morgan fingerprint density at radius 2 is 1.89 bits per heavy atom. The van der Waals surface area contributed by atoms with Crippen LogP contribution in [-0.2, 0) is 0 Å². The summed E-state index contributed by atoms with van der Waals surface area (Å²) in [5.74, 6) is 1.49. The van der Waals surface area contributed by atoms with Crippen LogP contribution in [0.3, 0.4) is 0 Å². The SMILES string of the molecule is COc1ccc(-c2cc(C)nc(C=O)n2)c(OC)c1. The van der Waals surface area contributed by atoms with Crippen molar-refractivity contribution in [1.82, 2.24) is 9.97 Å². The fourth-order valence-corrected chi connectivity index (χ4v) is 1.79. The van der Waals surface area contributed by atoms with Gasteiger partial charge in [0.2, 0.25) is 0 Å². The third kappa shape index (κ3) is 2.70. The van der Waals surface area contributed by atoms with Crippen molar-refractivity contribution < 1.29 is 14.3 Å². The Morgan fingerprint density at radius 1 is 1.11 bits per heavy atom. The van der Waals surface area contributed by atoms with Crippen LogP contribution in [0.2, 0.25) is 0 Å². The van der Waals surface area contributed by atoms with Gasteiger partial charge >= 0.3 is 0 Å². The van der Waals surface area contributed by atoms with Crippen LogP contribution < -0.4 is 9.47 Å². The van der Waals surface area contributed by atoms with Crippen LogP contribution in [-0.4, -0.2) is 30.5 Å². The summed E-state index contributed by atoms with van der Waals surface area (Å²) in [6.07, 6.45) is 0.631. The Labute approximate surface area is 111 Å². The first-order valence-corrected chi connectivity index (χ1v) is 5.71. The molecule has 19 heavy (non-hydrogen) atoms. The van der Waals surface area contributed by atoms with Crippen LogP contribution in [0, 0.1) is 6.92 Å². The number of hydrogen-bond donors (Lipinski definition) is 0. The average molecular weight is 258 g/mol. The summed E-state index contributed by atoms with van der Waals surface area (Å²) in [4.78, 5) is 19.0. The second-order valence-corrected chi connectivity index (χ2v) is 3.94. The number of hydrogen-bond acceptors (Lipinski definition) is 5. The maximum absolute atomic E-state index is 10.8. The van der Waals surface area contributed by atoms with Crippen LogP contribution in [0.15, 0.2) is 24.3 Å². The molecule has 0 bridgehead atoms. The van der Waals surface area contributed by atoms with Crippen molar-refractivity contribution in [3.63, 3.8) is 0 Å². The number of aldehydes is 1. The zero-order chi connectivity index (χ0) is 13.8. The predicted molar refractivity (Wildman–Crippen MR) is 70.7 cm³/mol. The van der Waals surface area contributed by atoms with Crippen LogP contribution in [0.1, 0.15) is 16.3 Å². The van der Waals surface area contributed by atoms with Gasteiger partial charge in [0.25, 0.3) is 0 Å². The zero-order valence-corrected chi connectivity index (χ0v) is 11.0. The molecule has 0 fully saturated rings. The van der Waals surface area contributed by atoms with E-state index in [4.69, 9.17) is 9.47 Å². The van der Waals surface area contributed by atoms with Gasteiger partial charge in [-0.2, -0.15) is 0 Å². The smallest absolute Gasteiger partial charge is 0.193 e. The third-order valence-electron chi connectivity index (χ3n) is 2.66. The molecule has 1 aromatic carbocycles. The molecule has 0 N–H and O–H groups in total. The molecule has 0 radical (unpaired) electrons. The van der Waals surface area contributed by atoms with Gasteiger partial charge in [0.1, 0.15) is 11.5 Å². The minimum atomic E-state index is 0.160. The lowest BCUT2D eigenvalue weighted by atomic mass is 10.1. The highest BCUT2D eigenvalue weighted by atomic mass is 16.5. The maximum Gasteiger partial charge on any atom is 0.193 e. The summed E-state index contributed by atoms with van der Waals surface area (Å²) in [7, 11) is 3.17. The molecule has 0 saturated heterocycles. The topological polar surface area (TPSA) is 61.3 Å². The first-order valence-electron chi connectivity index (χ1n) is 5.71. The van der Waals surface area contributed by atoms with E-state index in [0.29, 0.717) is 23.5 Å². The van der Waals surface area contributed by atoms with Gasteiger partial charge in [0.05, 0.1) is 19.9 Å². The van der Waals surface area contributed by atoms with Crippen LogP contribution in [0.5, 0.6) is 11.5 Å². The molecule has 5 nitrogen and oxygen atoms in total. The van der Waals surface area contributed by atoms with E-state index in [1.165, 1.54) is 0 Å². The van der Waals surface area contributed by atoms with Gasteiger partial charge in [-0.25, -0.2) is 9.97 Å². The summed E-state index contributed by atoms with van der Waals surface area (Å²) in [6, 6.07) is 7.23. The summed E-state index contributed by atoms with van der Waals surface area (Å²) in [6.45, 7) is 1.81. The minimum absolute atomic E-state index is 0.160. The molecule has 0 saturated carbocycles. The van der Waals surface area contributed by atoms with Crippen molar-refractivity contribution in [2.75, 3.05) is 14.2 Å². The van der Waals surface area contributed by atoms with Gasteiger partial charge in [-0.15, -0.1) is 0 Å². The van der Waals surface area contributed by atoms with Gasteiger partial charge < -0.3 is 9.47 Å². The highest BCUT2D eigenvalue weighted by Gasteiger charge is 2.10. The van der Waals surface area contributed by atoms with Crippen LogP contribution in [0.4, 0.5) is 0 Å². The molecule has 0 amide bonds. The van der Waals surface area contributed by atoms with E-state index in [-0.39, 0.29) is 5.82 Å². The Hall–Kier alpha value is -2.43. The molecule has 1 aromatic heterocycles. The number of ether oxygens (including phenoxy) is 2. The van der Waals surface area contributed by atoms with Crippen molar-refractivity contribution in [2.45, 2.75) is 6.92 Å². The van der Waals surface area contributed by atoms with Crippen molar-refractivity contribution in [3.05, 3.63) is 35.8 Å². The van der Waals surface area contributed by atoms with E-state index in [9.17, 15) is 4.79 Å². The van der Waals surface area contributed by atoms with E-state index in [2.05, 4.69) is 9.97 Å². The first kappa shape index (κ1) is 13.0. The van der Waals surface area contributed by atoms with Crippen molar-refractivity contribution in [3.8, 4) is 22.8 Å². The summed E-state index contributed by atoms with van der Waals surface area (Å²) < 4.78 is 10.5. The second kappa shape index (κ2) is 5.48. The molecule has 0 atom stereocenters. The number of aryl methyl sites for hydroxylation is 1. The minimum Gasteiger partial charge on any atom is -0.497 e. The molecular weight excluding hydrogens is 244 g/mol. The molecule has 5 heteroatoms. The number of benzene rings is 1. The fourth-order valence-electron chi connectivity index (χ4n) is 1.79. The highest BCUT2D eigenvalue weighted by Crippen LogP contribution is 2.32. The molecule has 98 valence electrons. The van der Waals surface area contributed by atoms with E-state index in [1.54, 1.807) is 26.4 Å². The third-order valence-corrected chi connectivity index (χ3v) is 2.66. The molecular formula is C14H14N2O3. The van der Waals surface area contributed by atoms with E-state index < -0.39 is 0 Å². The molecule has 0 aliphatic rings. The quantitative estimate of drug-likeness (QED) is 0.787. The maximum atomic E-state index is 10.8. The number of methoxy groups -OCH3 is 2. The summed E-state index contributed by atoms with van der Waals surface area (Å²) >= 11 is 0. The molecule has 0 aliphatic heterocycles. The number of nitrogens with zero attached hydrogens (tertiary/aromatic N) is 2. The van der Waals surface area contributed by atoms with Crippen molar-refractivity contribution >= 4 is 6.29 Å². The number of aromatic nitrogens is 2. The molecule has 2 rings (SSSR count). The van der Waals surface area contributed by atoms with Crippen LogP contribution in [0.25, 0.3) is 11.3 Å². The lowest BCUT2D eigenvalue weighted by Crippen LogP contribution is -1.99. The predicted octanol–water partition coefficient (Wildman–Crippen LogP) is 2.28. The van der Waals surface area contributed by atoms with E-state index in [0.717, 1.165) is 11.3 Å². The molecule has 0 aliphatic carbocycles. The van der Waals surface area contributed by atoms with Gasteiger partial charge in [0, 0.05) is 17.3 Å². The average Bonchev–Trinajstić information content (AvgIpc) is 2.45. The van der Waals surface area contributed by atoms with Gasteiger partial charge in [0.15, 0.2) is 12.1 Å². The lowest BCUT2D eigenvalue weighted by Gasteiger charge is -2.10. The second-order valence-electron chi connectivity index (χ2n) is 3.94. The zero-order valence-electron chi connectivity index (χ0n) is 11.0. The van der Waals surface area contributed by atoms with Crippen LogP contribution >= 0.6 is 0 Å². The van der Waals surface area contributed by atoms with Gasteiger partial charge in [-0.1, -0.05) is 0 Å². The Balaban J connectivity index is 2.57. The normalized spacial score (nSPS) is 10.1. The monoisotopic (exact) mass is 258 g/mol. The first-order chi connectivity index (χ1) is 9.17. The number of carbonyl (C=O) groups excluding carboxylic acids is 1. The lowest BCUT2D eigenvalue weighted by molar-refractivity contribution is 0.111. The van der Waals surface area contributed by atoms with Gasteiger partial charge in [-0.3, -0.25) is 4.79 Å². The van der Waals surface area contributed by atoms with Crippen molar-refractivity contribution in [2.24, 2.45) is 0 Å². The van der Waals surface area contributed by atoms with Gasteiger partial charge in [-0.05, 0) is 25.1 Å². The standard InChI is InChI=1S/C14H14N2O3/c1-9-6-12(16-14(8-17)15-9)11-5-4-10(18-2)7-13(11)19-3/h4-8H,1-3H3. The number of rotatable bonds is 4. The Kier molecular flexibility index (Phi) is 3.75. The Bertz CT molecular complexity index is 612. The largest absolute Gasteiger partial charge is 0.497 e. The van der Waals surface area contributed by atoms with E-state index in [1.807, 2.05) is 19.1 Å². The molecule has 0 unspecified atom stereocenters. The fraction of sp³-hybridized carbons (Fsp3) is 0.214. The number of carbonyl (C=O) groups is 1. The summed E-state index contributed by atoms with van der Waals surface area (Å²) in [5, 5.41) is 0. The Morgan fingerprint density at radius 3 is 2.53 bits per heavy atom. The molecule has 1 heterocycles.